The zero-order valence-electron chi connectivity index (χ0n) is 10.6. The minimum atomic E-state index is 0.0498. The first-order chi connectivity index (χ1) is 9.29. The number of hydrogen-bond donors (Lipinski definition) is 1. The molecular formula is C15H15N3O. The highest BCUT2D eigenvalue weighted by Gasteiger charge is 2.32. The lowest BCUT2D eigenvalue weighted by molar-refractivity contribution is -0.130. The fourth-order valence-electron chi connectivity index (χ4n) is 2.43. The summed E-state index contributed by atoms with van der Waals surface area (Å²) in [6, 6.07) is 10.3. The number of nitrogens with one attached hydrogen (secondary N) is 1. The molecule has 1 N–H and O–H groups in total. The number of H-pyrrole nitrogens is 1. The van der Waals surface area contributed by atoms with Gasteiger partial charge in [0, 0.05) is 23.1 Å². The smallest absolute Gasteiger partial charge is 0.228 e. The van der Waals surface area contributed by atoms with Gasteiger partial charge in [-0.3, -0.25) is 4.79 Å². The zero-order chi connectivity index (χ0) is 13.2. The number of rotatable bonds is 4. The number of nitrogens with zero attached hydrogens (tertiary/aromatic N) is 2. The summed E-state index contributed by atoms with van der Waals surface area (Å²) >= 11 is 0. The van der Waals surface area contributed by atoms with Crippen molar-refractivity contribution in [2.45, 2.75) is 25.3 Å². The molecule has 4 heteroatoms. The second-order valence-electron chi connectivity index (χ2n) is 4.95. The number of nitriles is 1. The number of hydrogen-bond acceptors (Lipinski definition) is 2. The van der Waals surface area contributed by atoms with E-state index in [0.29, 0.717) is 6.42 Å². The molecular weight excluding hydrogens is 238 g/mol. The normalized spacial score (nSPS) is 14.3. The van der Waals surface area contributed by atoms with Crippen molar-refractivity contribution in [1.29, 1.82) is 5.26 Å². The zero-order valence-corrected chi connectivity index (χ0v) is 10.6. The van der Waals surface area contributed by atoms with Gasteiger partial charge in [-0.15, -0.1) is 0 Å². The molecule has 1 aliphatic rings. The summed E-state index contributed by atoms with van der Waals surface area (Å²) in [7, 11) is 0. The largest absolute Gasteiger partial charge is 0.361 e. The first kappa shape index (κ1) is 11.8. The number of benzene rings is 1. The first-order valence-corrected chi connectivity index (χ1v) is 6.51. The van der Waals surface area contributed by atoms with E-state index in [2.05, 4.69) is 11.1 Å². The van der Waals surface area contributed by atoms with Gasteiger partial charge < -0.3 is 9.88 Å². The minimum Gasteiger partial charge on any atom is -0.361 e. The minimum absolute atomic E-state index is 0.0498. The third kappa shape index (κ3) is 2.32. The van der Waals surface area contributed by atoms with E-state index in [-0.39, 0.29) is 18.5 Å². The van der Waals surface area contributed by atoms with Crippen molar-refractivity contribution in [2.75, 3.05) is 6.54 Å². The summed E-state index contributed by atoms with van der Waals surface area (Å²) in [5.74, 6) is 0.0498. The van der Waals surface area contributed by atoms with Crippen LogP contribution in [0.1, 0.15) is 18.4 Å². The van der Waals surface area contributed by atoms with Crippen molar-refractivity contribution >= 4 is 16.8 Å². The SMILES string of the molecule is N#CCN(C(=O)Cc1c[nH]c2ccccc12)C1CC1. The van der Waals surface area contributed by atoms with E-state index in [1.54, 1.807) is 4.90 Å². The van der Waals surface area contributed by atoms with Crippen LogP contribution in [-0.4, -0.2) is 28.4 Å². The molecule has 1 aromatic carbocycles. The summed E-state index contributed by atoms with van der Waals surface area (Å²) < 4.78 is 0. The highest BCUT2D eigenvalue weighted by molar-refractivity contribution is 5.89. The van der Waals surface area contributed by atoms with Crippen molar-refractivity contribution < 1.29 is 4.79 Å². The van der Waals surface area contributed by atoms with Crippen molar-refractivity contribution in [2.24, 2.45) is 0 Å². The molecule has 2 aromatic rings. The predicted molar refractivity (Wildman–Crippen MR) is 72.4 cm³/mol. The molecule has 0 unspecified atom stereocenters. The van der Waals surface area contributed by atoms with Gasteiger partial charge in [-0.2, -0.15) is 5.26 Å². The number of aromatic amines is 1. The Bertz CT molecular complexity index is 649. The molecule has 0 bridgehead atoms. The molecule has 19 heavy (non-hydrogen) atoms. The lowest BCUT2D eigenvalue weighted by Gasteiger charge is -2.18. The fraction of sp³-hybridized carbons (Fsp3) is 0.333. The number of fused-ring (bicyclic) bond motifs is 1. The molecule has 1 amide bonds. The number of carbonyl (C=O) groups is 1. The summed E-state index contributed by atoms with van der Waals surface area (Å²) in [5.41, 5.74) is 2.05. The van der Waals surface area contributed by atoms with Crippen molar-refractivity contribution in [3.05, 3.63) is 36.0 Å². The van der Waals surface area contributed by atoms with Crippen molar-refractivity contribution in [3.8, 4) is 6.07 Å². The monoisotopic (exact) mass is 253 g/mol. The second-order valence-corrected chi connectivity index (χ2v) is 4.95. The van der Waals surface area contributed by atoms with E-state index in [0.717, 1.165) is 29.3 Å². The predicted octanol–water partition coefficient (Wildman–Crippen LogP) is 2.22. The van der Waals surface area contributed by atoms with Crippen LogP contribution in [-0.2, 0) is 11.2 Å². The average molecular weight is 253 g/mol. The van der Waals surface area contributed by atoms with Crippen LogP contribution < -0.4 is 0 Å². The van der Waals surface area contributed by atoms with Crippen LogP contribution in [0.5, 0.6) is 0 Å². The van der Waals surface area contributed by atoms with E-state index in [9.17, 15) is 4.79 Å². The molecule has 4 nitrogen and oxygen atoms in total. The molecule has 96 valence electrons. The molecule has 0 radical (unpaired) electrons. The number of amides is 1. The maximum Gasteiger partial charge on any atom is 0.228 e. The Hall–Kier alpha value is -2.28. The number of carbonyl (C=O) groups excluding carboxylic acids is 1. The highest BCUT2D eigenvalue weighted by atomic mass is 16.2. The Morgan fingerprint density at radius 1 is 1.42 bits per heavy atom. The Morgan fingerprint density at radius 2 is 2.21 bits per heavy atom. The van der Waals surface area contributed by atoms with Gasteiger partial charge in [0.15, 0.2) is 0 Å². The summed E-state index contributed by atoms with van der Waals surface area (Å²) in [4.78, 5) is 17.2. The van der Waals surface area contributed by atoms with Crippen LogP contribution in [0.25, 0.3) is 10.9 Å². The van der Waals surface area contributed by atoms with E-state index in [1.807, 2.05) is 30.5 Å². The molecule has 0 aliphatic heterocycles. The summed E-state index contributed by atoms with van der Waals surface area (Å²) in [5, 5.41) is 9.90. The number of para-hydroxylation sites is 1. The van der Waals surface area contributed by atoms with Crippen LogP contribution >= 0.6 is 0 Å². The standard InChI is InChI=1S/C15H15N3O/c16-7-8-18(12-5-6-12)15(19)9-11-10-17-14-4-2-1-3-13(11)14/h1-4,10,12,17H,5-6,8-9H2. The average Bonchev–Trinajstić information content (AvgIpc) is 3.19. The van der Waals surface area contributed by atoms with Gasteiger partial charge in [0.2, 0.25) is 5.91 Å². The van der Waals surface area contributed by atoms with Crippen LogP contribution in [0.4, 0.5) is 0 Å². The molecule has 1 heterocycles. The Morgan fingerprint density at radius 3 is 2.95 bits per heavy atom. The van der Waals surface area contributed by atoms with Crippen LogP contribution in [0.3, 0.4) is 0 Å². The lowest BCUT2D eigenvalue weighted by atomic mass is 10.1. The summed E-state index contributed by atoms with van der Waals surface area (Å²) in [6.07, 6.45) is 4.31. The van der Waals surface area contributed by atoms with Crippen LogP contribution in [0.15, 0.2) is 30.5 Å². The Balaban J connectivity index is 1.80. The van der Waals surface area contributed by atoms with Gasteiger partial charge in [0.05, 0.1) is 12.5 Å². The van der Waals surface area contributed by atoms with Crippen molar-refractivity contribution in [1.82, 2.24) is 9.88 Å². The molecule has 1 fully saturated rings. The fourth-order valence-corrected chi connectivity index (χ4v) is 2.43. The quantitative estimate of drug-likeness (QED) is 0.849. The van der Waals surface area contributed by atoms with Gasteiger partial charge in [-0.05, 0) is 24.5 Å². The molecule has 3 rings (SSSR count). The molecule has 1 aromatic heterocycles. The van der Waals surface area contributed by atoms with Gasteiger partial charge >= 0.3 is 0 Å². The molecule has 0 saturated heterocycles. The maximum absolute atomic E-state index is 12.3. The van der Waals surface area contributed by atoms with E-state index < -0.39 is 0 Å². The van der Waals surface area contributed by atoms with Gasteiger partial charge in [-0.1, -0.05) is 18.2 Å². The van der Waals surface area contributed by atoms with E-state index in [1.165, 1.54) is 0 Å². The Labute approximate surface area is 111 Å². The van der Waals surface area contributed by atoms with Crippen LogP contribution in [0.2, 0.25) is 0 Å². The topological polar surface area (TPSA) is 59.9 Å². The van der Waals surface area contributed by atoms with Crippen LogP contribution in [0, 0.1) is 11.3 Å². The first-order valence-electron chi connectivity index (χ1n) is 6.51. The Kier molecular flexibility index (Phi) is 2.96. The second kappa shape index (κ2) is 4.77. The maximum atomic E-state index is 12.3. The highest BCUT2D eigenvalue weighted by Crippen LogP contribution is 2.27. The van der Waals surface area contributed by atoms with Gasteiger partial charge in [0.25, 0.3) is 0 Å². The third-order valence-electron chi connectivity index (χ3n) is 3.57. The number of aromatic nitrogens is 1. The molecule has 1 aliphatic carbocycles. The van der Waals surface area contributed by atoms with E-state index >= 15 is 0 Å². The third-order valence-corrected chi connectivity index (χ3v) is 3.57. The molecule has 0 atom stereocenters. The van der Waals surface area contributed by atoms with Gasteiger partial charge in [-0.25, -0.2) is 0 Å². The molecule has 0 spiro atoms. The summed E-state index contributed by atoms with van der Waals surface area (Å²) in [6.45, 7) is 0.200. The van der Waals surface area contributed by atoms with Gasteiger partial charge in [0.1, 0.15) is 6.54 Å². The lowest BCUT2D eigenvalue weighted by Crippen LogP contribution is -2.34. The van der Waals surface area contributed by atoms with E-state index in [4.69, 9.17) is 5.26 Å². The molecule has 1 saturated carbocycles. The van der Waals surface area contributed by atoms with Crippen molar-refractivity contribution in [3.63, 3.8) is 0 Å².